The molecule has 0 bridgehead atoms. The van der Waals surface area contributed by atoms with Gasteiger partial charge in [0.2, 0.25) is 0 Å². The monoisotopic (exact) mass is 233 g/mol. The van der Waals surface area contributed by atoms with Crippen molar-refractivity contribution in [1.29, 1.82) is 0 Å². The number of nitrogens with zero attached hydrogens (tertiary/aromatic N) is 4. The smallest absolute Gasteiger partial charge is 0.278 e. The first-order valence-electron chi connectivity index (χ1n) is 5.35. The van der Waals surface area contributed by atoms with E-state index in [-0.39, 0.29) is 0 Å². The quantitative estimate of drug-likeness (QED) is 0.842. The van der Waals surface area contributed by atoms with Crippen molar-refractivity contribution in [2.45, 2.75) is 6.42 Å². The van der Waals surface area contributed by atoms with E-state index in [9.17, 15) is 0 Å². The molecule has 0 atom stereocenters. The third-order valence-electron chi connectivity index (χ3n) is 2.29. The Morgan fingerprint density at radius 2 is 2.24 bits per heavy atom. The average molecular weight is 233 g/mol. The number of hydrogen-bond acceptors (Lipinski definition) is 6. The van der Waals surface area contributed by atoms with Gasteiger partial charge in [-0.3, -0.25) is 0 Å². The normalized spacial score (nSPS) is 11.0. The van der Waals surface area contributed by atoms with E-state index in [4.69, 9.17) is 10.3 Å². The van der Waals surface area contributed by atoms with Gasteiger partial charge < -0.3 is 15.2 Å². The largest absolute Gasteiger partial charge is 0.397 e. The summed E-state index contributed by atoms with van der Waals surface area (Å²) < 4.78 is 5.14. The van der Waals surface area contributed by atoms with Gasteiger partial charge in [0, 0.05) is 19.2 Å². The van der Waals surface area contributed by atoms with Crippen LogP contribution in [-0.2, 0) is 6.42 Å². The van der Waals surface area contributed by atoms with Crippen molar-refractivity contribution in [3.8, 4) is 11.6 Å². The van der Waals surface area contributed by atoms with Crippen LogP contribution in [0.1, 0.15) is 5.82 Å². The zero-order valence-corrected chi connectivity index (χ0v) is 9.92. The minimum absolute atomic E-state index is 0.372. The number of hydrogen-bond donors (Lipinski definition) is 1. The summed E-state index contributed by atoms with van der Waals surface area (Å²) in [5.41, 5.74) is 6.86. The maximum absolute atomic E-state index is 5.79. The molecular formula is C11H15N5O. The Hall–Kier alpha value is -1.95. The lowest BCUT2D eigenvalue weighted by Gasteiger charge is -2.05. The van der Waals surface area contributed by atoms with Crippen molar-refractivity contribution < 1.29 is 4.52 Å². The number of nitrogens with two attached hydrogens (primary N) is 1. The molecule has 0 aliphatic carbocycles. The maximum atomic E-state index is 5.79. The summed E-state index contributed by atoms with van der Waals surface area (Å²) in [7, 11) is 4.00. The molecule has 90 valence electrons. The van der Waals surface area contributed by atoms with Crippen molar-refractivity contribution in [2.24, 2.45) is 0 Å². The maximum Gasteiger partial charge on any atom is 0.278 e. The van der Waals surface area contributed by atoms with Crippen LogP contribution in [0.25, 0.3) is 11.6 Å². The molecule has 0 spiro atoms. The second kappa shape index (κ2) is 4.92. The second-order valence-electron chi connectivity index (χ2n) is 4.01. The summed E-state index contributed by atoms with van der Waals surface area (Å²) >= 11 is 0. The lowest BCUT2D eigenvalue weighted by Crippen LogP contribution is -2.15. The predicted octanol–water partition coefficient (Wildman–Crippen LogP) is 0.818. The second-order valence-corrected chi connectivity index (χ2v) is 4.01. The zero-order valence-electron chi connectivity index (χ0n) is 9.92. The van der Waals surface area contributed by atoms with Gasteiger partial charge in [-0.05, 0) is 26.2 Å². The summed E-state index contributed by atoms with van der Waals surface area (Å²) in [5, 5.41) is 3.90. The van der Waals surface area contributed by atoms with Gasteiger partial charge in [0.15, 0.2) is 11.5 Å². The summed E-state index contributed by atoms with van der Waals surface area (Å²) in [4.78, 5) is 10.5. The fourth-order valence-electron chi connectivity index (χ4n) is 1.37. The Morgan fingerprint density at radius 1 is 1.41 bits per heavy atom. The molecule has 6 heteroatoms. The van der Waals surface area contributed by atoms with Gasteiger partial charge in [-0.15, -0.1) is 0 Å². The first-order valence-corrected chi connectivity index (χ1v) is 5.35. The van der Waals surface area contributed by atoms with Crippen LogP contribution in [0, 0.1) is 0 Å². The molecule has 2 heterocycles. The van der Waals surface area contributed by atoms with Crippen LogP contribution in [0.5, 0.6) is 0 Å². The molecule has 17 heavy (non-hydrogen) atoms. The summed E-state index contributed by atoms with van der Waals surface area (Å²) in [6.45, 7) is 0.872. The molecule has 0 radical (unpaired) electrons. The molecular weight excluding hydrogens is 218 g/mol. The standard InChI is InChI=1S/C11H15N5O/c1-16(2)7-5-9-14-11(17-15-9)10-8(12)4-3-6-13-10/h3-4,6H,5,7,12H2,1-2H3. The van der Waals surface area contributed by atoms with Crippen molar-refractivity contribution >= 4 is 5.69 Å². The number of anilines is 1. The fourth-order valence-corrected chi connectivity index (χ4v) is 1.37. The topological polar surface area (TPSA) is 81.1 Å². The van der Waals surface area contributed by atoms with Gasteiger partial charge in [-0.25, -0.2) is 4.98 Å². The highest BCUT2D eigenvalue weighted by atomic mass is 16.5. The van der Waals surface area contributed by atoms with E-state index in [2.05, 4.69) is 20.0 Å². The molecule has 0 unspecified atom stereocenters. The van der Waals surface area contributed by atoms with Crippen LogP contribution in [0.2, 0.25) is 0 Å². The molecule has 0 saturated heterocycles. The minimum atomic E-state index is 0.372. The van der Waals surface area contributed by atoms with Crippen LogP contribution in [0.3, 0.4) is 0 Å². The fraction of sp³-hybridized carbons (Fsp3) is 0.364. The minimum Gasteiger partial charge on any atom is -0.397 e. The van der Waals surface area contributed by atoms with Crippen LogP contribution in [-0.4, -0.2) is 40.7 Å². The highest BCUT2D eigenvalue weighted by Gasteiger charge is 2.12. The van der Waals surface area contributed by atoms with E-state index < -0.39 is 0 Å². The Kier molecular flexibility index (Phi) is 3.34. The summed E-state index contributed by atoms with van der Waals surface area (Å²) in [6, 6.07) is 3.52. The van der Waals surface area contributed by atoms with E-state index in [1.54, 1.807) is 18.3 Å². The molecule has 0 fully saturated rings. The number of nitrogen functional groups attached to an aromatic ring is 1. The van der Waals surface area contributed by atoms with Crippen LogP contribution >= 0.6 is 0 Å². The third-order valence-corrected chi connectivity index (χ3v) is 2.29. The SMILES string of the molecule is CN(C)CCc1noc(-c2ncccc2N)n1. The predicted molar refractivity (Wildman–Crippen MR) is 64.2 cm³/mol. The van der Waals surface area contributed by atoms with Crippen molar-refractivity contribution in [2.75, 3.05) is 26.4 Å². The molecule has 2 rings (SSSR count). The third kappa shape index (κ3) is 2.79. The molecule has 2 aromatic rings. The Labute approximate surface area is 99.5 Å². The molecule has 0 aliphatic heterocycles. The van der Waals surface area contributed by atoms with Crippen molar-refractivity contribution in [1.82, 2.24) is 20.0 Å². The van der Waals surface area contributed by atoms with Gasteiger partial charge >= 0.3 is 0 Å². The van der Waals surface area contributed by atoms with Gasteiger partial charge in [-0.1, -0.05) is 5.16 Å². The Balaban J connectivity index is 2.16. The Bertz CT molecular complexity index is 494. The molecule has 0 saturated carbocycles. The highest BCUT2D eigenvalue weighted by molar-refractivity contribution is 5.65. The lowest BCUT2D eigenvalue weighted by atomic mass is 10.3. The molecule has 6 nitrogen and oxygen atoms in total. The van der Waals surface area contributed by atoms with Crippen molar-refractivity contribution in [3.05, 3.63) is 24.2 Å². The average Bonchev–Trinajstić information content (AvgIpc) is 2.75. The number of pyridine rings is 1. The van der Waals surface area contributed by atoms with Gasteiger partial charge in [0.1, 0.15) is 0 Å². The zero-order chi connectivity index (χ0) is 12.3. The van der Waals surface area contributed by atoms with E-state index >= 15 is 0 Å². The highest BCUT2D eigenvalue weighted by Crippen LogP contribution is 2.20. The van der Waals surface area contributed by atoms with Crippen LogP contribution < -0.4 is 5.73 Å². The summed E-state index contributed by atoms with van der Waals surface area (Å²) in [6.07, 6.45) is 2.39. The van der Waals surface area contributed by atoms with Crippen LogP contribution in [0.15, 0.2) is 22.9 Å². The van der Waals surface area contributed by atoms with E-state index in [1.165, 1.54) is 0 Å². The molecule has 0 amide bonds. The van der Waals surface area contributed by atoms with E-state index in [0.29, 0.717) is 23.1 Å². The number of likely N-dealkylation sites (N-methyl/N-ethyl adjacent to an activating group) is 1. The molecule has 0 aliphatic rings. The first kappa shape index (κ1) is 11.5. The molecule has 2 N–H and O–H groups in total. The van der Waals surface area contributed by atoms with Gasteiger partial charge in [0.05, 0.1) is 5.69 Å². The van der Waals surface area contributed by atoms with E-state index in [0.717, 1.165) is 13.0 Å². The van der Waals surface area contributed by atoms with E-state index in [1.807, 2.05) is 14.1 Å². The summed E-state index contributed by atoms with van der Waals surface area (Å²) in [5.74, 6) is 1.04. The first-order chi connectivity index (χ1) is 8.16. The number of rotatable bonds is 4. The molecule has 2 aromatic heterocycles. The van der Waals surface area contributed by atoms with Gasteiger partial charge in [-0.2, -0.15) is 4.98 Å². The number of aromatic nitrogens is 3. The Morgan fingerprint density at radius 3 is 2.94 bits per heavy atom. The molecule has 0 aromatic carbocycles. The van der Waals surface area contributed by atoms with Crippen LogP contribution in [0.4, 0.5) is 5.69 Å². The lowest BCUT2D eigenvalue weighted by molar-refractivity contribution is 0.392. The van der Waals surface area contributed by atoms with Gasteiger partial charge in [0.25, 0.3) is 5.89 Å². The van der Waals surface area contributed by atoms with Crippen molar-refractivity contribution in [3.63, 3.8) is 0 Å².